The maximum Gasteiger partial charge on any atom is 0.219 e. The van der Waals surface area contributed by atoms with Crippen LogP contribution in [-0.4, -0.2) is 23.1 Å². The molecule has 0 radical (unpaired) electrons. The SMILES string of the molecule is CC(=O)N1CCc2c(sc(N)c2C(=O)c2cccc(Cl)c2)C1. The molecule has 0 fully saturated rings. The van der Waals surface area contributed by atoms with Crippen LogP contribution in [0, 0.1) is 0 Å². The first-order valence-electron chi connectivity index (χ1n) is 6.93. The summed E-state index contributed by atoms with van der Waals surface area (Å²) in [5, 5.41) is 1.04. The lowest BCUT2D eigenvalue weighted by molar-refractivity contribution is -0.129. The molecule has 22 heavy (non-hydrogen) atoms. The quantitative estimate of drug-likeness (QED) is 0.858. The molecule has 3 rings (SSSR count). The molecule has 1 aromatic carbocycles. The number of anilines is 1. The van der Waals surface area contributed by atoms with Gasteiger partial charge in [-0.15, -0.1) is 11.3 Å². The van der Waals surface area contributed by atoms with Crippen LogP contribution in [0.5, 0.6) is 0 Å². The zero-order valence-corrected chi connectivity index (χ0v) is 13.6. The highest BCUT2D eigenvalue weighted by Crippen LogP contribution is 2.36. The Balaban J connectivity index is 1.99. The molecule has 2 aromatic rings. The molecule has 0 atom stereocenters. The number of fused-ring (bicyclic) bond motifs is 1. The molecular formula is C16H15ClN2O2S. The van der Waals surface area contributed by atoms with Crippen molar-refractivity contribution in [1.82, 2.24) is 4.90 Å². The fraction of sp³-hybridized carbons (Fsp3) is 0.250. The van der Waals surface area contributed by atoms with Gasteiger partial charge in [0, 0.05) is 28.9 Å². The standard InChI is InChI=1S/C16H15ClN2O2S/c1-9(20)19-6-5-12-13(8-19)22-16(18)14(12)15(21)10-3-2-4-11(17)7-10/h2-4,7H,5-6,8,18H2,1H3. The van der Waals surface area contributed by atoms with Gasteiger partial charge >= 0.3 is 0 Å². The number of halogens is 1. The molecule has 0 aliphatic carbocycles. The Hall–Kier alpha value is -1.85. The lowest BCUT2D eigenvalue weighted by atomic mass is 9.96. The topological polar surface area (TPSA) is 63.4 Å². The zero-order chi connectivity index (χ0) is 15.9. The van der Waals surface area contributed by atoms with E-state index < -0.39 is 0 Å². The summed E-state index contributed by atoms with van der Waals surface area (Å²) < 4.78 is 0. The molecule has 2 heterocycles. The number of benzene rings is 1. The van der Waals surface area contributed by atoms with Crippen molar-refractivity contribution < 1.29 is 9.59 Å². The van der Waals surface area contributed by atoms with Gasteiger partial charge in [-0.05, 0) is 24.1 Å². The number of nitrogens with two attached hydrogens (primary N) is 1. The fourth-order valence-electron chi connectivity index (χ4n) is 2.72. The molecule has 0 bridgehead atoms. The minimum Gasteiger partial charge on any atom is -0.390 e. The summed E-state index contributed by atoms with van der Waals surface area (Å²) in [4.78, 5) is 27.0. The highest BCUT2D eigenvalue weighted by atomic mass is 35.5. The van der Waals surface area contributed by atoms with Gasteiger partial charge in [0.1, 0.15) is 0 Å². The van der Waals surface area contributed by atoms with E-state index in [9.17, 15) is 9.59 Å². The maximum atomic E-state index is 12.8. The molecule has 1 aliphatic rings. The number of hydrogen-bond donors (Lipinski definition) is 1. The summed E-state index contributed by atoms with van der Waals surface area (Å²) in [5.41, 5.74) is 8.17. The van der Waals surface area contributed by atoms with Gasteiger partial charge in [-0.3, -0.25) is 9.59 Å². The van der Waals surface area contributed by atoms with Crippen molar-refractivity contribution >= 4 is 39.6 Å². The van der Waals surface area contributed by atoms with Gasteiger partial charge in [0.2, 0.25) is 5.91 Å². The highest BCUT2D eigenvalue weighted by molar-refractivity contribution is 7.16. The van der Waals surface area contributed by atoms with Crippen LogP contribution < -0.4 is 5.73 Å². The van der Waals surface area contributed by atoms with Gasteiger partial charge < -0.3 is 10.6 Å². The minimum atomic E-state index is -0.103. The van der Waals surface area contributed by atoms with Crippen LogP contribution in [0.3, 0.4) is 0 Å². The monoisotopic (exact) mass is 334 g/mol. The predicted molar refractivity (Wildman–Crippen MR) is 88.4 cm³/mol. The molecule has 4 nitrogen and oxygen atoms in total. The second kappa shape index (κ2) is 5.74. The third-order valence-electron chi connectivity index (χ3n) is 3.84. The van der Waals surface area contributed by atoms with Crippen molar-refractivity contribution in [2.24, 2.45) is 0 Å². The first-order valence-corrected chi connectivity index (χ1v) is 8.12. The second-order valence-electron chi connectivity index (χ2n) is 5.27. The van der Waals surface area contributed by atoms with Crippen molar-refractivity contribution in [1.29, 1.82) is 0 Å². The van der Waals surface area contributed by atoms with Gasteiger partial charge in [0.25, 0.3) is 0 Å². The van der Waals surface area contributed by atoms with Gasteiger partial charge in [0.05, 0.1) is 17.1 Å². The average molecular weight is 335 g/mol. The van der Waals surface area contributed by atoms with Crippen LogP contribution in [0.2, 0.25) is 5.02 Å². The third-order valence-corrected chi connectivity index (χ3v) is 5.12. The van der Waals surface area contributed by atoms with E-state index in [4.69, 9.17) is 17.3 Å². The number of carbonyl (C=O) groups is 2. The van der Waals surface area contributed by atoms with E-state index in [2.05, 4.69) is 0 Å². The molecule has 1 aliphatic heterocycles. The van der Waals surface area contributed by atoms with Crippen LogP contribution in [0.25, 0.3) is 0 Å². The van der Waals surface area contributed by atoms with Crippen LogP contribution in [-0.2, 0) is 17.8 Å². The molecule has 0 unspecified atom stereocenters. The minimum absolute atomic E-state index is 0.0420. The number of hydrogen-bond acceptors (Lipinski definition) is 4. The summed E-state index contributed by atoms with van der Waals surface area (Å²) >= 11 is 7.36. The Morgan fingerprint density at radius 1 is 1.36 bits per heavy atom. The number of carbonyl (C=O) groups excluding carboxylic acids is 2. The molecule has 0 saturated heterocycles. The normalized spacial score (nSPS) is 13.8. The lowest BCUT2D eigenvalue weighted by Gasteiger charge is -2.26. The first-order chi connectivity index (χ1) is 10.5. The van der Waals surface area contributed by atoms with E-state index in [1.165, 1.54) is 11.3 Å². The molecule has 1 aromatic heterocycles. The van der Waals surface area contributed by atoms with E-state index in [0.29, 0.717) is 40.7 Å². The van der Waals surface area contributed by atoms with Crippen molar-refractivity contribution in [3.8, 4) is 0 Å². The number of amides is 1. The Morgan fingerprint density at radius 3 is 2.82 bits per heavy atom. The molecule has 2 N–H and O–H groups in total. The van der Waals surface area contributed by atoms with Crippen LogP contribution in [0.1, 0.15) is 33.3 Å². The van der Waals surface area contributed by atoms with Crippen LogP contribution >= 0.6 is 22.9 Å². The summed E-state index contributed by atoms with van der Waals surface area (Å²) in [6.45, 7) is 2.71. The first kappa shape index (κ1) is 15.1. The van der Waals surface area contributed by atoms with Gasteiger partial charge in [-0.25, -0.2) is 0 Å². The third kappa shape index (κ3) is 2.62. The van der Waals surface area contributed by atoms with Gasteiger partial charge in [-0.2, -0.15) is 0 Å². The summed E-state index contributed by atoms with van der Waals surface area (Å²) in [6.07, 6.45) is 0.657. The molecule has 114 valence electrons. The molecule has 6 heteroatoms. The fourth-order valence-corrected chi connectivity index (χ4v) is 4.04. The average Bonchev–Trinajstić information content (AvgIpc) is 2.81. The highest BCUT2D eigenvalue weighted by Gasteiger charge is 2.28. The van der Waals surface area contributed by atoms with Crippen molar-refractivity contribution in [2.75, 3.05) is 12.3 Å². The largest absolute Gasteiger partial charge is 0.390 e. The summed E-state index contributed by atoms with van der Waals surface area (Å²) in [6, 6.07) is 6.87. The molecule has 1 amide bonds. The number of ketones is 1. The summed E-state index contributed by atoms with van der Waals surface area (Å²) in [7, 11) is 0. The van der Waals surface area contributed by atoms with E-state index in [1.807, 2.05) is 0 Å². The smallest absolute Gasteiger partial charge is 0.219 e. The van der Waals surface area contributed by atoms with E-state index in [0.717, 1.165) is 10.4 Å². The van der Waals surface area contributed by atoms with Crippen molar-refractivity contribution in [3.05, 3.63) is 50.9 Å². The molecular weight excluding hydrogens is 320 g/mol. The van der Waals surface area contributed by atoms with E-state index in [-0.39, 0.29) is 11.7 Å². The number of rotatable bonds is 2. The van der Waals surface area contributed by atoms with Crippen LogP contribution in [0.15, 0.2) is 24.3 Å². The second-order valence-corrected chi connectivity index (χ2v) is 6.85. The molecule has 0 spiro atoms. The summed E-state index contributed by atoms with van der Waals surface area (Å²) in [5.74, 6) is -0.0610. The molecule has 0 saturated carbocycles. The van der Waals surface area contributed by atoms with E-state index >= 15 is 0 Å². The van der Waals surface area contributed by atoms with Crippen molar-refractivity contribution in [2.45, 2.75) is 19.9 Å². The van der Waals surface area contributed by atoms with Crippen LogP contribution in [0.4, 0.5) is 5.00 Å². The zero-order valence-electron chi connectivity index (χ0n) is 12.1. The number of thiophene rings is 1. The maximum absolute atomic E-state index is 12.8. The predicted octanol–water partition coefficient (Wildman–Crippen LogP) is 3.12. The Morgan fingerprint density at radius 2 is 2.14 bits per heavy atom. The van der Waals surface area contributed by atoms with Crippen molar-refractivity contribution in [3.63, 3.8) is 0 Å². The van der Waals surface area contributed by atoms with Gasteiger partial charge in [0.15, 0.2) is 5.78 Å². The number of nitrogen functional groups attached to an aromatic ring is 1. The van der Waals surface area contributed by atoms with E-state index in [1.54, 1.807) is 36.1 Å². The lowest BCUT2D eigenvalue weighted by Crippen LogP contribution is -2.33. The van der Waals surface area contributed by atoms with Gasteiger partial charge in [-0.1, -0.05) is 23.7 Å². The Kier molecular flexibility index (Phi) is 3.93. The number of nitrogens with zero attached hydrogens (tertiary/aromatic N) is 1. The Labute approximate surface area is 137 Å². The Bertz CT molecular complexity index is 770.